The molecule has 1 aromatic rings. The van der Waals surface area contributed by atoms with Gasteiger partial charge in [0.05, 0.1) is 20.3 Å². The second-order valence-corrected chi connectivity index (χ2v) is 6.68. The standard InChI is InChI=1S/C19H26N2O4/c1-24-17-4-2-14(3-5-17)19(23)15-6-9-21(10-7-15)18(22)12-16-13-25-11-8-20-16/h2-5,15-16,20H,6-13H2,1H3. The number of nitrogens with zero attached hydrogens (tertiary/aromatic N) is 1. The fourth-order valence-corrected chi connectivity index (χ4v) is 3.47. The molecule has 136 valence electrons. The largest absolute Gasteiger partial charge is 0.497 e. The summed E-state index contributed by atoms with van der Waals surface area (Å²) in [5, 5.41) is 3.31. The number of ether oxygens (including phenoxy) is 2. The number of carbonyl (C=O) groups excluding carboxylic acids is 2. The molecule has 0 aromatic heterocycles. The van der Waals surface area contributed by atoms with E-state index in [0.29, 0.717) is 38.3 Å². The second kappa shape index (κ2) is 8.45. The van der Waals surface area contributed by atoms with Gasteiger partial charge in [-0.05, 0) is 37.1 Å². The number of Topliss-reactive ketones (excluding diaryl/α,β-unsaturated/α-hetero) is 1. The molecule has 2 fully saturated rings. The van der Waals surface area contributed by atoms with Crippen LogP contribution in [0.25, 0.3) is 0 Å². The third kappa shape index (κ3) is 4.58. The number of piperidine rings is 1. The predicted molar refractivity (Wildman–Crippen MR) is 93.9 cm³/mol. The molecule has 6 heteroatoms. The molecule has 0 spiro atoms. The average molecular weight is 346 g/mol. The Balaban J connectivity index is 1.48. The Bertz CT molecular complexity index is 588. The van der Waals surface area contributed by atoms with Crippen LogP contribution in [0.2, 0.25) is 0 Å². The van der Waals surface area contributed by atoms with E-state index in [0.717, 1.165) is 25.1 Å². The molecule has 6 nitrogen and oxygen atoms in total. The summed E-state index contributed by atoms with van der Waals surface area (Å²) in [6.45, 7) is 3.41. The summed E-state index contributed by atoms with van der Waals surface area (Å²) < 4.78 is 10.5. The van der Waals surface area contributed by atoms with Crippen molar-refractivity contribution >= 4 is 11.7 Å². The van der Waals surface area contributed by atoms with Gasteiger partial charge in [0.15, 0.2) is 5.78 Å². The zero-order valence-corrected chi connectivity index (χ0v) is 14.7. The van der Waals surface area contributed by atoms with Gasteiger partial charge in [-0.2, -0.15) is 0 Å². The molecule has 2 aliphatic rings. The van der Waals surface area contributed by atoms with Gasteiger partial charge in [0, 0.05) is 43.6 Å². The zero-order chi connectivity index (χ0) is 17.6. The van der Waals surface area contributed by atoms with E-state index in [1.165, 1.54) is 0 Å². The lowest BCUT2D eigenvalue weighted by Gasteiger charge is -2.33. The minimum absolute atomic E-state index is 0.00594. The molecule has 1 unspecified atom stereocenters. The number of ketones is 1. The maximum atomic E-state index is 12.6. The topological polar surface area (TPSA) is 67.9 Å². The Morgan fingerprint density at radius 2 is 1.96 bits per heavy atom. The third-order valence-corrected chi connectivity index (χ3v) is 5.01. The van der Waals surface area contributed by atoms with Crippen molar-refractivity contribution in [2.24, 2.45) is 5.92 Å². The van der Waals surface area contributed by atoms with Crippen molar-refractivity contribution in [3.63, 3.8) is 0 Å². The maximum Gasteiger partial charge on any atom is 0.224 e. The third-order valence-electron chi connectivity index (χ3n) is 5.01. The van der Waals surface area contributed by atoms with Gasteiger partial charge in [0.2, 0.25) is 5.91 Å². The number of methoxy groups -OCH3 is 1. The number of hydrogen-bond donors (Lipinski definition) is 1. The van der Waals surface area contributed by atoms with E-state index < -0.39 is 0 Å². The fraction of sp³-hybridized carbons (Fsp3) is 0.579. The number of hydrogen-bond acceptors (Lipinski definition) is 5. The van der Waals surface area contributed by atoms with E-state index in [4.69, 9.17) is 9.47 Å². The Hall–Kier alpha value is -1.92. The smallest absolute Gasteiger partial charge is 0.224 e. The number of nitrogens with one attached hydrogen (secondary N) is 1. The van der Waals surface area contributed by atoms with Crippen LogP contribution in [0, 0.1) is 5.92 Å². The summed E-state index contributed by atoms with van der Waals surface area (Å²) in [5.74, 6) is 1.06. The summed E-state index contributed by atoms with van der Waals surface area (Å²) >= 11 is 0. The van der Waals surface area contributed by atoms with Gasteiger partial charge in [-0.15, -0.1) is 0 Å². The van der Waals surface area contributed by atoms with E-state index in [1.54, 1.807) is 7.11 Å². The molecule has 1 N–H and O–H groups in total. The van der Waals surface area contributed by atoms with Crippen LogP contribution in [-0.2, 0) is 9.53 Å². The molecule has 1 atom stereocenters. The highest BCUT2D eigenvalue weighted by Crippen LogP contribution is 2.23. The van der Waals surface area contributed by atoms with E-state index in [2.05, 4.69) is 5.32 Å². The van der Waals surface area contributed by atoms with Gasteiger partial charge in [0.1, 0.15) is 5.75 Å². The summed E-state index contributed by atoms with van der Waals surface area (Å²) in [6, 6.07) is 7.36. The van der Waals surface area contributed by atoms with Gasteiger partial charge >= 0.3 is 0 Å². The van der Waals surface area contributed by atoms with Crippen LogP contribution in [0.1, 0.15) is 29.6 Å². The minimum atomic E-state index is -0.00594. The molecule has 2 saturated heterocycles. The molecule has 1 amide bonds. The second-order valence-electron chi connectivity index (χ2n) is 6.68. The highest BCUT2D eigenvalue weighted by molar-refractivity contribution is 5.98. The Morgan fingerprint density at radius 1 is 1.24 bits per heavy atom. The minimum Gasteiger partial charge on any atom is -0.497 e. The summed E-state index contributed by atoms with van der Waals surface area (Å²) in [5.41, 5.74) is 0.717. The first kappa shape index (κ1) is 17.9. The quantitative estimate of drug-likeness (QED) is 0.819. The zero-order valence-electron chi connectivity index (χ0n) is 14.7. The molecule has 3 rings (SSSR count). The van der Waals surface area contributed by atoms with Crippen molar-refractivity contribution in [3.05, 3.63) is 29.8 Å². The summed E-state index contributed by atoms with van der Waals surface area (Å²) in [7, 11) is 1.61. The van der Waals surface area contributed by atoms with E-state index in [9.17, 15) is 9.59 Å². The fourth-order valence-electron chi connectivity index (χ4n) is 3.47. The molecule has 0 radical (unpaired) electrons. The molecule has 0 aliphatic carbocycles. The Kier molecular flexibility index (Phi) is 6.04. The number of rotatable bonds is 5. The van der Waals surface area contributed by atoms with Gasteiger partial charge in [-0.1, -0.05) is 0 Å². The van der Waals surface area contributed by atoms with E-state index in [-0.39, 0.29) is 23.7 Å². The lowest BCUT2D eigenvalue weighted by Crippen LogP contribution is -2.47. The van der Waals surface area contributed by atoms with Crippen LogP contribution in [0.4, 0.5) is 0 Å². The molecule has 0 saturated carbocycles. The first-order valence-corrected chi connectivity index (χ1v) is 8.94. The van der Waals surface area contributed by atoms with Crippen molar-refractivity contribution in [1.82, 2.24) is 10.2 Å². The van der Waals surface area contributed by atoms with E-state index in [1.807, 2.05) is 29.2 Å². The van der Waals surface area contributed by atoms with Crippen molar-refractivity contribution in [2.75, 3.05) is 40.0 Å². The molecule has 0 bridgehead atoms. The van der Waals surface area contributed by atoms with Gasteiger partial charge in [-0.3, -0.25) is 9.59 Å². The first-order chi connectivity index (χ1) is 12.2. The van der Waals surface area contributed by atoms with Crippen LogP contribution in [0.5, 0.6) is 5.75 Å². The monoisotopic (exact) mass is 346 g/mol. The van der Waals surface area contributed by atoms with Crippen molar-refractivity contribution < 1.29 is 19.1 Å². The summed E-state index contributed by atoms with van der Waals surface area (Å²) in [4.78, 5) is 26.9. The van der Waals surface area contributed by atoms with Crippen molar-refractivity contribution in [2.45, 2.75) is 25.3 Å². The number of benzene rings is 1. The average Bonchev–Trinajstić information content (AvgIpc) is 2.68. The van der Waals surface area contributed by atoms with Crippen LogP contribution in [0.15, 0.2) is 24.3 Å². The molecule has 2 heterocycles. The number of likely N-dealkylation sites (tertiary alicyclic amines) is 1. The van der Waals surface area contributed by atoms with Gasteiger partial charge in [-0.25, -0.2) is 0 Å². The SMILES string of the molecule is COc1ccc(C(=O)C2CCN(C(=O)CC3COCCN3)CC2)cc1. The summed E-state index contributed by atoms with van der Waals surface area (Å²) in [6.07, 6.45) is 1.92. The Labute approximate surface area is 148 Å². The van der Waals surface area contributed by atoms with Crippen LogP contribution in [0.3, 0.4) is 0 Å². The predicted octanol–water partition coefficient (Wildman–Crippen LogP) is 1.49. The maximum absolute atomic E-state index is 12.6. The first-order valence-electron chi connectivity index (χ1n) is 8.94. The molecule has 25 heavy (non-hydrogen) atoms. The lowest BCUT2D eigenvalue weighted by atomic mass is 9.88. The van der Waals surface area contributed by atoms with Crippen molar-refractivity contribution in [3.8, 4) is 5.75 Å². The highest BCUT2D eigenvalue weighted by atomic mass is 16.5. The number of carbonyl (C=O) groups is 2. The van der Waals surface area contributed by atoms with Gasteiger partial charge < -0.3 is 19.7 Å². The van der Waals surface area contributed by atoms with Crippen molar-refractivity contribution in [1.29, 1.82) is 0 Å². The molecule has 1 aromatic carbocycles. The Morgan fingerprint density at radius 3 is 2.56 bits per heavy atom. The van der Waals surface area contributed by atoms with Gasteiger partial charge in [0.25, 0.3) is 0 Å². The van der Waals surface area contributed by atoms with Crippen LogP contribution >= 0.6 is 0 Å². The lowest BCUT2D eigenvalue weighted by molar-refractivity contribution is -0.133. The molecular weight excluding hydrogens is 320 g/mol. The molecular formula is C19H26N2O4. The van der Waals surface area contributed by atoms with Crippen LogP contribution < -0.4 is 10.1 Å². The van der Waals surface area contributed by atoms with Crippen LogP contribution in [-0.4, -0.2) is 62.6 Å². The number of morpholine rings is 1. The normalized spacial score (nSPS) is 21.8. The molecule has 2 aliphatic heterocycles. The van der Waals surface area contributed by atoms with E-state index >= 15 is 0 Å². The highest BCUT2D eigenvalue weighted by Gasteiger charge is 2.29. The number of amides is 1.